The van der Waals surface area contributed by atoms with Crippen LogP contribution in [-0.4, -0.2) is 62.0 Å². The number of amides is 1. The Hall–Kier alpha value is -1.89. The number of carbonyl (C=O) groups excluding carboxylic acids is 1. The molecule has 1 aromatic rings. The molecule has 2 aliphatic heterocycles. The molecule has 2 fully saturated rings. The van der Waals surface area contributed by atoms with E-state index in [2.05, 4.69) is 15.9 Å². The molecule has 136 valence electrons. The summed E-state index contributed by atoms with van der Waals surface area (Å²) in [5.74, 6) is 0.253. The number of hydrogen-bond acceptors (Lipinski definition) is 5. The van der Waals surface area contributed by atoms with Crippen LogP contribution < -0.4 is 10.4 Å². The minimum absolute atomic E-state index is 0.518. The first-order valence-corrected chi connectivity index (χ1v) is 9.02. The van der Waals surface area contributed by atoms with Crippen molar-refractivity contribution in [1.29, 1.82) is 0 Å². The zero-order chi connectivity index (χ0) is 17.5. The number of nitrogens with zero attached hydrogens (tertiary/aromatic N) is 2. The summed E-state index contributed by atoms with van der Waals surface area (Å²) >= 11 is 0. The normalized spacial score (nSPS) is 20.1. The van der Waals surface area contributed by atoms with Crippen LogP contribution in [0.5, 0.6) is 0 Å². The van der Waals surface area contributed by atoms with Crippen LogP contribution in [0, 0.1) is 5.92 Å². The summed E-state index contributed by atoms with van der Waals surface area (Å²) in [6.45, 7) is 7.09. The molecule has 3 rings (SSSR count). The third-order valence-corrected chi connectivity index (χ3v) is 5.03. The van der Waals surface area contributed by atoms with Crippen molar-refractivity contribution in [2.75, 3.05) is 50.8 Å². The largest absolute Gasteiger partial charge is 0.381 e. The Morgan fingerprint density at radius 1 is 1.20 bits per heavy atom. The third-order valence-electron chi connectivity index (χ3n) is 5.03. The molecular formula is C19H27N3O3. The van der Waals surface area contributed by atoms with Gasteiger partial charge < -0.3 is 9.64 Å². The number of anilines is 1. The van der Waals surface area contributed by atoms with Crippen molar-refractivity contribution < 1.29 is 14.7 Å². The molecule has 0 bridgehead atoms. The van der Waals surface area contributed by atoms with E-state index < -0.39 is 5.91 Å². The molecule has 6 nitrogen and oxygen atoms in total. The summed E-state index contributed by atoms with van der Waals surface area (Å²) in [5, 5.41) is 8.62. The topological polar surface area (TPSA) is 65.0 Å². The lowest BCUT2D eigenvalue weighted by molar-refractivity contribution is -0.124. The number of hydrogen-bond donors (Lipinski definition) is 2. The number of benzene rings is 1. The molecule has 0 atom stereocenters. The second-order valence-corrected chi connectivity index (χ2v) is 6.71. The summed E-state index contributed by atoms with van der Waals surface area (Å²) in [5.41, 5.74) is 3.75. The second kappa shape index (κ2) is 8.99. The molecule has 1 amide bonds. The van der Waals surface area contributed by atoms with Crippen molar-refractivity contribution in [2.45, 2.75) is 12.8 Å². The molecule has 6 heteroatoms. The highest BCUT2D eigenvalue weighted by atomic mass is 16.5. The summed E-state index contributed by atoms with van der Waals surface area (Å²) in [6, 6.07) is 8.06. The molecule has 0 spiro atoms. The van der Waals surface area contributed by atoms with E-state index in [-0.39, 0.29) is 0 Å². The Kier molecular flexibility index (Phi) is 6.44. The van der Waals surface area contributed by atoms with Gasteiger partial charge in [-0.3, -0.25) is 14.9 Å². The molecule has 0 unspecified atom stereocenters. The van der Waals surface area contributed by atoms with E-state index in [1.54, 1.807) is 11.6 Å². The zero-order valence-corrected chi connectivity index (χ0v) is 14.6. The highest BCUT2D eigenvalue weighted by Crippen LogP contribution is 2.24. The highest BCUT2D eigenvalue weighted by Gasteiger charge is 2.22. The standard InChI is InChI=1S/C19H27N3O3/c23-19(20-24)6-5-17-3-1-2-4-18(17)22-11-9-21(10-12-22)15-16-7-13-25-14-8-16/h1-6,16,24H,7-15H2,(H,20,23)/b6-5+. The number of carbonyl (C=O) groups is 1. The Labute approximate surface area is 149 Å². The van der Waals surface area contributed by atoms with E-state index in [4.69, 9.17) is 9.94 Å². The van der Waals surface area contributed by atoms with Gasteiger partial charge in [-0.2, -0.15) is 0 Å². The highest BCUT2D eigenvalue weighted by molar-refractivity contribution is 5.91. The predicted octanol–water partition coefficient (Wildman–Crippen LogP) is 1.75. The van der Waals surface area contributed by atoms with Crippen molar-refractivity contribution >= 4 is 17.7 Å². The van der Waals surface area contributed by atoms with Crippen LogP contribution in [0.15, 0.2) is 30.3 Å². The van der Waals surface area contributed by atoms with Gasteiger partial charge in [0.25, 0.3) is 5.91 Å². The van der Waals surface area contributed by atoms with Crippen molar-refractivity contribution in [3.05, 3.63) is 35.9 Å². The fourth-order valence-electron chi connectivity index (χ4n) is 3.58. The van der Waals surface area contributed by atoms with Gasteiger partial charge in [-0.05, 0) is 36.5 Å². The van der Waals surface area contributed by atoms with Gasteiger partial charge in [0, 0.05) is 57.7 Å². The first kappa shape index (κ1) is 17.9. The van der Waals surface area contributed by atoms with E-state index in [0.717, 1.165) is 56.6 Å². The first-order chi connectivity index (χ1) is 12.3. The van der Waals surface area contributed by atoms with Gasteiger partial charge in [0.15, 0.2) is 0 Å². The average Bonchev–Trinajstić information content (AvgIpc) is 2.68. The number of hydroxylamine groups is 1. The maximum Gasteiger partial charge on any atom is 0.267 e. The minimum atomic E-state index is -0.518. The SMILES string of the molecule is O=C(/C=C/c1ccccc1N1CCN(CC2CCOCC2)CC1)NO. The van der Waals surface area contributed by atoms with Crippen LogP contribution >= 0.6 is 0 Å². The summed E-state index contributed by atoms with van der Waals surface area (Å²) in [4.78, 5) is 16.2. The van der Waals surface area contributed by atoms with Crippen molar-refractivity contribution in [2.24, 2.45) is 5.92 Å². The van der Waals surface area contributed by atoms with Crippen molar-refractivity contribution in [3.63, 3.8) is 0 Å². The maximum absolute atomic E-state index is 11.2. The van der Waals surface area contributed by atoms with Gasteiger partial charge in [-0.25, -0.2) is 5.48 Å². The third kappa shape index (κ3) is 5.04. The molecule has 2 N–H and O–H groups in total. The Morgan fingerprint density at radius 2 is 1.92 bits per heavy atom. The Balaban J connectivity index is 1.57. The summed E-state index contributed by atoms with van der Waals surface area (Å²) in [7, 11) is 0. The fourth-order valence-corrected chi connectivity index (χ4v) is 3.58. The smallest absolute Gasteiger partial charge is 0.267 e. The molecule has 1 aromatic carbocycles. The minimum Gasteiger partial charge on any atom is -0.381 e. The quantitative estimate of drug-likeness (QED) is 0.484. The number of nitrogens with one attached hydrogen (secondary N) is 1. The second-order valence-electron chi connectivity index (χ2n) is 6.71. The fraction of sp³-hybridized carbons (Fsp3) is 0.526. The maximum atomic E-state index is 11.2. The van der Waals surface area contributed by atoms with Gasteiger partial charge in [0.1, 0.15) is 0 Å². The van der Waals surface area contributed by atoms with Gasteiger partial charge in [-0.15, -0.1) is 0 Å². The monoisotopic (exact) mass is 345 g/mol. The molecule has 0 radical (unpaired) electrons. The molecule has 2 saturated heterocycles. The van der Waals surface area contributed by atoms with Gasteiger partial charge >= 0.3 is 0 Å². The number of piperazine rings is 1. The van der Waals surface area contributed by atoms with Crippen LogP contribution in [-0.2, 0) is 9.53 Å². The molecule has 2 aliphatic rings. The van der Waals surface area contributed by atoms with Crippen LogP contribution in [0.2, 0.25) is 0 Å². The lowest BCUT2D eigenvalue weighted by atomic mass is 9.99. The van der Waals surface area contributed by atoms with E-state index in [0.29, 0.717) is 0 Å². The number of ether oxygens (including phenoxy) is 1. The van der Waals surface area contributed by atoms with Gasteiger partial charge in [-0.1, -0.05) is 18.2 Å². The Morgan fingerprint density at radius 3 is 2.64 bits per heavy atom. The van der Waals surface area contributed by atoms with E-state index in [1.807, 2.05) is 18.2 Å². The zero-order valence-electron chi connectivity index (χ0n) is 14.6. The summed E-state index contributed by atoms with van der Waals surface area (Å²) < 4.78 is 5.45. The lowest BCUT2D eigenvalue weighted by Crippen LogP contribution is -2.48. The van der Waals surface area contributed by atoms with Gasteiger partial charge in [0.2, 0.25) is 0 Å². The van der Waals surface area contributed by atoms with Gasteiger partial charge in [0.05, 0.1) is 0 Å². The molecule has 25 heavy (non-hydrogen) atoms. The van der Waals surface area contributed by atoms with Crippen molar-refractivity contribution in [3.8, 4) is 0 Å². The van der Waals surface area contributed by atoms with Crippen molar-refractivity contribution in [1.82, 2.24) is 10.4 Å². The van der Waals surface area contributed by atoms with E-state index >= 15 is 0 Å². The lowest BCUT2D eigenvalue weighted by Gasteiger charge is -2.38. The van der Waals surface area contributed by atoms with Crippen LogP contribution in [0.4, 0.5) is 5.69 Å². The molecule has 2 heterocycles. The molecular weight excluding hydrogens is 318 g/mol. The van der Waals surface area contributed by atoms with Crippen LogP contribution in [0.25, 0.3) is 6.08 Å². The van der Waals surface area contributed by atoms with E-state index in [9.17, 15) is 4.79 Å². The van der Waals surface area contributed by atoms with Crippen LogP contribution in [0.3, 0.4) is 0 Å². The Bertz CT molecular complexity index is 591. The average molecular weight is 345 g/mol. The predicted molar refractivity (Wildman–Crippen MR) is 97.6 cm³/mol. The first-order valence-electron chi connectivity index (χ1n) is 9.02. The number of para-hydroxylation sites is 1. The molecule has 0 aromatic heterocycles. The summed E-state index contributed by atoms with van der Waals surface area (Å²) in [6.07, 6.45) is 5.46. The van der Waals surface area contributed by atoms with Crippen LogP contribution in [0.1, 0.15) is 18.4 Å². The molecule has 0 aliphatic carbocycles. The van der Waals surface area contributed by atoms with E-state index in [1.165, 1.54) is 25.5 Å². The number of rotatable bonds is 5. The molecule has 0 saturated carbocycles.